The number of hydrogen-bond acceptors (Lipinski definition) is 6. The Morgan fingerprint density at radius 1 is 1.16 bits per heavy atom. The molecule has 0 spiro atoms. The second kappa shape index (κ2) is 7.92. The average molecular weight is 439 g/mol. The zero-order chi connectivity index (χ0) is 22.3. The van der Waals surface area contributed by atoms with Crippen LogP contribution in [0.15, 0.2) is 41.7 Å². The minimum atomic E-state index is -2.79. The van der Waals surface area contributed by atoms with Gasteiger partial charge in [0, 0.05) is 24.0 Å². The lowest BCUT2D eigenvalue weighted by Gasteiger charge is -2.39. The lowest BCUT2D eigenvalue weighted by Crippen LogP contribution is -2.62. The molecule has 1 saturated carbocycles. The Hall–Kier alpha value is -3.43. The fourth-order valence-corrected chi connectivity index (χ4v) is 3.71. The van der Waals surface area contributed by atoms with Gasteiger partial charge in [-0.2, -0.15) is 0 Å². The van der Waals surface area contributed by atoms with Crippen molar-refractivity contribution in [2.75, 3.05) is 25.0 Å². The van der Waals surface area contributed by atoms with Gasteiger partial charge in [0.2, 0.25) is 0 Å². The highest BCUT2D eigenvalue weighted by atomic mass is 19.3. The van der Waals surface area contributed by atoms with Gasteiger partial charge in [0.25, 0.3) is 5.92 Å². The Balaban J connectivity index is 1.29. The normalized spacial score (nSPS) is 21.8. The predicted molar refractivity (Wildman–Crippen MR) is 116 cm³/mol. The summed E-state index contributed by atoms with van der Waals surface area (Å²) in [6.45, 7) is 1.17. The highest BCUT2D eigenvalue weighted by Gasteiger charge is 2.46. The summed E-state index contributed by atoms with van der Waals surface area (Å²) in [5, 5.41) is 6.01. The monoisotopic (exact) mass is 439 g/mol. The van der Waals surface area contributed by atoms with Gasteiger partial charge in [-0.15, -0.1) is 0 Å². The molecule has 0 radical (unpaired) electrons. The smallest absolute Gasteiger partial charge is 0.318 e. The molecule has 2 N–H and O–H groups in total. The van der Waals surface area contributed by atoms with E-state index in [9.17, 15) is 13.6 Å². The minimum absolute atomic E-state index is 0.451. The number of halogens is 2. The molecule has 2 aromatic heterocycles. The molecular weight excluding hydrogens is 416 g/mol. The van der Waals surface area contributed by atoms with E-state index in [1.807, 2.05) is 25.1 Å². The molecule has 1 saturated heterocycles. The zero-order valence-electron chi connectivity index (χ0n) is 17.6. The van der Waals surface area contributed by atoms with Crippen LogP contribution >= 0.6 is 0 Å². The molecule has 166 valence electrons. The number of aromatic nitrogens is 3. The van der Waals surface area contributed by atoms with Crippen LogP contribution in [0.5, 0.6) is 0 Å². The molecule has 0 bridgehead atoms. The third-order valence-corrected chi connectivity index (χ3v) is 5.73. The number of aliphatic imine (C=N–C) groups is 1. The second-order valence-corrected chi connectivity index (χ2v) is 8.42. The van der Waals surface area contributed by atoms with Crippen molar-refractivity contribution in [1.29, 1.82) is 0 Å². The van der Waals surface area contributed by atoms with E-state index >= 15 is 0 Å². The van der Waals surface area contributed by atoms with Crippen LogP contribution in [0.3, 0.4) is 0 Å². The maximum atomic E-state index is 13.1. The quantitative estimate of drug-likeness (QED) is 0.745. The Morgan fingerprint density at radius 3 is 2.69 bits per heavy atom. The largest absolute Gasteiger partial charge is 0.326 e. The summed E-state index contributed by atoms with van der Waals surface area (Å²) < 4.78 is 26.1. The van der Waals surface area contributed by atoms with Gasteiger partial charge in [-0.3, -0.25) is 4.99 Å². The highest BCUT2D eigenvalue weighted by Crippen LogP contribution is 2.38. The van der Waals surface area contributed by atoms with E-state index in [1.54, 1.807) is 18.5 Å². The van der Waals surface area contributed by atoms with E-state index in [-0.39, 0.29) is 0 Å². The van der Waals surface area contributed by atoms with Crippen molar-refractivity contribution in [3.8, 4) is 0 Å². The van der Waals surface area contributed by atoms with Gasteiger partial charge in [-0.05, 0) is 49.1 Å². The van der Waals surface area contributed by atoms with E-state index in [0.29, 0.717) is 24.1 Å². The summed E-state index contributed by atoms with van der Waals surface area (Å²) in [4.78, 5) is 31.1. The molecule has 2 fully saturated rings. The van der Waals surface area contributed by atoms with Gasteiger partial charge in [-0.1, -0.05) is 6.08 Å². The minimum Gasteiger partial charge on any atom is -0.326 e. The Bertz CT molecular complexity index is 1100. The maximum Gasteiger partial charge on any atom is 0.318 e. The maximum absolute atomic E-state index is 13.1. The lowest BCUT2D eigenvalue weighted by molar-refractivity contribution is -0.109. The van der Waals surface area contributed by atoms with E-state index in [2.05, 4.69) is 30.6 Å². The van der Waals surface area contributed by atoms with E-state index < -0.39 is 31.1 Å². The van der Waals surface area contributed by atoms with Crippen LogP contribution in [0.2, 0.25) is 0 Å². The summed E-state index contributed by atoms with van der Waals surface area (Å²) in [5.41, 5.74) is 2.56. The molecule has 32 heavy (non-hydrogen) atoms. The third-order valence-electron chi connectivity index (χ3n) is 5.73. The Morgan fingerprint density at radius 2 is 1.94 bits per heavy atom. The van der Waals surface area contributed by atoms with Crippen molar-refractivity contribution >= 4 is 29.0 Å². The van der Waals surface area contributed by atoms with Crippen molar-refractivity contribution < 1.29 is 13.6 Å². The van der Waals surface area contributed by atoms with Crippen LogP contribution in [0, 0.1) is 0 Å². The van der Waals surface area contributed by atoms with Crippen molar-refractivity contribution in [2.24, 2.45) is 4.99 Å². The molecule has 2 amide bonds. The SMILES string of the molecule is CC1=NCC(c2ccnc(Nc3ccnc(C4CC4)n3)c2)=CC1NC(=O)N1CC(F)(F)C1. The first-order valence-corrected chi connectivity index (χ1v) is 10.6. The lowest BCUT2D eigenvalue weighted by atomic mass is 9.99. The van der Waals surface area contributed by atoms with E-state index in [0.717, 1.165) is 40.4 Å². The summed E-state index contributed by atoms with van der Waals surface area (Å²) in [7, 11) is 0. The number of nitrogens with zero attached hydrogens (tertiary/aromatic N) is 5. The summed E-state index contributed by atoms with van der Waals surface area (Å²) >= 11 is 0. The average Bonchev–Trinajstić information content (AvgIpc) is 3.59. The molecule has 8 nitrogen and oxygen atoms in total. The number of pyridine rings is 1. The number of carbonyl (C=O) groups excluding carboxylic acids is 1. The summed E-state index contributed by atoms with van der Waals surface area (Å²) in [6, 6.07) is 4.61. The van der Waals surface area contributed by atoms with Gasteiger partial charge in [0.15, 0.2) is 0 Å². The molecular formula is C22H23F2N7O. The van der Waals surface area contributed by atoms with Crippen LogP contribution in [-0.2, 0) is 0 Å². The Labute approximate surface area is 183 Å². The number of rotatable bonds is 5. The van der Waals surface area contributed by atoms with Crippen LogP contribution in [0.1, 0.15) is 37.1 Å². The van der Waals surface area contributed by atoms with Gasteiger partial charge in [0.1, 0.15) is 17.5 Å². The number of urea groups is 1. The molecule has 4 heterocycles. The molecule has 1 aliphatic carbocycles. The number of alkyl halides is 2. The first kappa shape index (κ1) is 20.5. The fourth-order valence-electron chi connectivity index (χ4n) is 3.71. The number of dihydropyridines is 1. The topological polar surface area (TPSA) is 95.4 Å². The summed E-state index contributed by atoms with van der Waals surface area (Å²) in [5.74, 6) is -0.158. The molecule has 0 aromatic carbocycles. The predicted octanol–water partition coefficient (Wildman–Crippen LogP) is 3.38. The molecule has 2 aromatic rings. The fraction of sp³-hybridized carbons (Fsp3) is 0.409. The molecule has 1 atom stereocenters. The number of likely N-dealkylation sites (tertiary alicyclic amines) is 1. The van der Waals surface area contributed by atoms with Crippen molar-refractivity contribution in [3.05, 3.63) is 48.1 Å². The molecule has 1 unspecified atom stereocenters. The second-order valence-electron chi connectivity index (χ2n) is 8.42. The number of amides is 2. The van der Waals surface area contributed by atoms with Crippen molar-refractivity contribution in [1.82, 2.24) is 25.2 Å². The number of nitrogens with one attached hydrogen (secondary N) is 2. The first-order valence-electron chi connectivity index (χ1n) is 10.6. The van der Waals surface area contributed by atoms with Gasteiger partial charge >= 0.3 is 6.03 Å². The van der Waals surface area contributed by atoms with Gasteiger partial charge in [0.05, 0.1) is 25.7 Å². The standard InChI is InChI=1S/C22H23F2N7O/c1-13-17(28-21(32)31-11-22(23,24)12-31)8-16(10-27-13)15-4-6-25-19(9-15)29-18-5-7-26-20(30-18)14-2-3-14/h4-9,14,17H,2-3,10-12H2,1H3,(H,28,32)(H,25,26,29,30). The summed E-state index contributed by atoms with van der Waals surface area (Å²) in [6.07, 6.45) is 7.61. The first-order chi connectivity index (χ1) is 15.4. The highest BCUT2D eigenvalue weighted by molar-refractivity contribution is 5.96. The zero-order valence-corrected chi connectivity index (χ0v) is 17.6. The van der Waals surface area contributed by atoms with Crippen LogP contribution in [0.4, 0.5) is 25.2 Å². The number of hydrogen-bond donors (Lipinski definition) is 2. The van der Waals surface area contributed by atoms with E-state index in [1.165, 1.54) is 0 Å². The molecule has 2 aliphatic heterocycles. The van der Waals surface area contributed by atoms with Gasteiger partial charge in [-0.25, -0.2) is 28.5 Å². The van der Waals surface area contributed by atoms with Gasteiger partial charge < -0.3 is 15.5 Å². The van der Waals surface area contributed by atoms with Crippen molar-refractivity contribution in [2.45, 2.75) is 37.6 Å². The number of carbonyl (C=O) groups is 1. The van der Waals surface area contributed by atoms with Crippen LogP contribution in [-0.4, -0.2) is 63.2 Å². The Kier molecular flexibility index (Phi) is 5.07. The molecule has 5 rings (SSSR count). The molecule has 3 aliphatic rings. The molecule has 10 heteroatoms. The van der Waals surface area contributed by atoms with Crippen LogP contribution in [0.25, 0.3) is 5.57 Å². The third kappa shape index (κ3) is 4.44. The number of anilines is 2. The van der Waals surface area contributed by atoms with Crippen LogP contribution < -0.4 is 10.6 Å². The van der Waals surface area contributed by atoms with Crippen molar-refractivity contribution in [3.63, 3.8) is 0 Å². The van der Waals surface area contributed by atoms with E-state index in [4.69, 9.17) is 0 Å².